The lowest BCUT2D eigenvalue weighted by Gasteiger charge is -2.72. The summed E-state index contributed by atoms with van der Waals surface area (Å²) in [7, 11) is 0. The first-order valence-electron chi connectivity index (χ1n) is 28.3. The van der Waals surface area contributed by atoms with Gasteiger partial charge in [-0.05, 0) is 111 Å². The zero-order valence-electron chi connectivity index (χ0n) is 45.9. The molecule has 9 aliphatic rings. The number of rotatable bonds is 12. The Hall–Kier alpha value is -1.63. The first-order chi connectivity index (χ1) is 36.5. The Morgan fingerprint density at radius 1 is 0.628 bits per heavy atom. The number of carbonyl (C=O) groups is 1. The lowest BCUT2D eigenvalue weighted by Crippen LogP contribution is -2.69. The lowest BCUT2D eigenvalue weighted by molar-refractivity contribution is -0.362. The molecule has 23 nitrogen and oxygen atoms in total. The van der Waals surface area contributed by atoms with Gasteiger partial charge in [-0.2, -0.15) is 0 Å². The van der Waals surface area contributed by atoms with E-state index in [2.05, 4.69) is 40.7 Å². The van der Waals surface area contributed by atoms with E-state index in [-0.39, 0.29) is 36.0 Å². The van der Waals surface area contributed by atoms with E-state index < -0.39 is 194 Å². The first-order valence-corrected chi connectivity index (χ1v) is 28.3. The molecule has 23 heteroatoms. The second-order valence-electron chi connectivity index (χ2n) is 26.8. The molecule has 15 N–H and O–H groups in total. The molecular formula is C55H90O23. The molecule has 448 valence electrons. The van der Waals surface area contributed by atoms with Crippen LogP contribution < -0.4 is 0 Å². The second kappa shape index (κ2) is 22.1. The molecule has 5 saturated carbocycles. The molecule has 30 unspecified atom stereocenters. The van der Waals surface area contributed by atoms with E-state index in [0.29, 0.717) is 51.4 Å². The van der Waals surface area contributed by atoms with Crippen molar-refractivity contribution >= 4 is 5.97 Å². The Labute approximate surface area is 455 Å². The van der Waals surface area contributed by atoms with Crippen molar-refractivity contribution in [2.75, 3.05) is 26.4 Å². The maximum Gasteiger partial charge on any atom is 0.315 e. The van der Waals surface area contributed by atoms with E-state index in [4.69, 9.17) is 33.2 Å². The fourth-order valence-corrected chi connectivity index (χ4v) is 16.9. The van der Waals surface area contributed by atoms with Crippen LogP contribution in [0.2, 0.25) is 0 Å². The molecule has 0 aromatic heterocycles. The molecule has 0 amide bonds. The molecule has 3 heterocycles. The highest BCUT2D eigenvalue weighted by Crippen LogP contribution is 2.76. The molecule has 9 rings (SSSR count). The summed E-state index contributed by atoms with van der Waals surface area (Å²) in [6.07, 6.45) is -25.6. The molecule has 6 aliphatic carbocycles. The van der Waals surface area contributed by atoms with Crippen molar-refractivity contribution < 1.29 is 115 Å². The zero-order chi connectivity index (χ0) is 57.1. The quantitative estimate of drug-likeness (QED) is 0.0550. The third kappa shape index (κ3) is 9.78. The number of esters is 1. The summed E-state index contributed by atoms with van der Waals surface area (Å²) in [6.45, 7) is 12.2. The van der Waals surface area contributed by atoms with Gasteiger partial charge in [-0.15, -0.1) is 0 Å². The predicted molar refractivity (Wildman–Crippen MR) is 267 cm³/mol. The van der Waals surface area contributed by atoms with E-state index in [0.717, 1.165) is 5.57 Å². The lowest BCUT2D eigenvalue weighted by atomic mass is 9.33. The largest absolute Gasteiger partial charge is 0.432 e. The highest BCUT2D eigenvalue weighted by molar-refractivity contribution is 5.79. The van der Waals surface area contributed by atoms with Crippen LogP contribution in [0.15, 0.2) is 11.6 Å². The summed E-state index contributed by atoms with van der Waals surface area (Å²) in [5.74, 6) is -2.14. The van der Waals surface area contributed by atoms with Crippen LogP contribution in [0.1, 0.15) is 113 Å². The maximum atomic E-state index is 15.6. The normalized spacial score (nSPS) is 55.1. The number of aliphatic hydroxyl groups is 15. The highest BCUT2D eigenvalue weighted by Gasteiger charge is 2.72. The van der Waals surface area contributed by atoms with E-state index in [1.54, 1.807) is 0 Å². The number of aliphatic hydroxyl groups excluding tert-OH is 15. The minimum Gasteiger partial charge on any atom is -0.432 e. The fraction of sp³-hybridized carbons (Fsp3) is 0.945. The summed E-state index contributed by atoms with van der Waals surface area (Å²) in [4.78, 5) is 15.6. The average Bonchev–Trinajstić information content (AvgIpc) is 2.94. The molecule has 78 heavy (non-hydrogen) atoms. The van der Waals surface area contributed by atoms with Gasteiger partial charge >= 0.3 is 5.97 Å². The summed E-state index contributed by atoms with van der Waals surface area (Å²) >= 11 is 0. The molecular weight excluding hydrogens is 1030 g/mol. The van der Waals surface area contributed by atoms with Crippen molar-refractivity contribution in [3.63, 3.8) is 0 Å². The van der Waals surface area contributed by atoms with Gasteiger partial charge in [0.05, 0.1) is 55.8 Å². The van der Waals surface area contributed by atoms with Crippen molar-refractivity contribution in [2.45, 2.75) is 241 Å². The minimum atomic E-state index is -1.92. The Kier molecular flexibility index (Phi) is 17.3. The average molecular weight is 1120 g/mol. The molecule has 0 radical (unpaired) electrons. The fourth-order valence-electron chi connectivity index (χ4n) is 16.9. The van der Waals surface area contributed by atoms with Gasteiger partial charge in [0.25, 0.3) is 0 Å². The summed E-state index contributed by atoms with van der Waals surface area (Å²) in [5.41, 5.74) is -2.83. The van der Waals surface area contributed by atoms with Crippen LogP contribution in [0.3, 0.4) is 0 Å². The van der Waals surface area contributed by atoms with Gasteiger partial charge in [-0.25, -0.2) is 0 Å². The standard InChI is InChI=1S/C55H90O23/c1-23-33(60)38(65)42(69)46(73-23)76-44-41(68)37(64)30(21-72-28-16-24(19-56)34(61)39(66)35(28)62)75-48(44)78-49(71)55-14-12-50(2,3)17-26(55)25-8-9-32-51(4)18-27(59)45(77-47-43(70)40(67)36(63)29(20-57)74-47)52(5,22-58)31(51)10-11-54(32,7)53(25,6)13-15-55/h8,23-24,26-48,56-70H,9-22H2,1-7H3. The van der Waals surface area contributed by atoms with Gasteiger partial charge in [-0.1, -0.05) is 53.2 Å². The monoisotopic (exact) mass is 1120 g/mol. The first kappa shape index (κ1) is 60.9. The third-order valence-electron chi connectivity index (χ3n) is 22.0. The number of carbonyl (C=O) groups excluding carboxylic acids is 1. The van der Waals surface area contributed by atoms with Crippen molar-refractivity contribution in [3.8, 4) is 0 Å². The van der Waals surface area contributed by atoms with Gasteiger partial charge in [0.1, 0.15) is 73.2 Å². The van der Waals surface area contributed by atoms with Crippen molar-refractivity contribution in [3.05, 3.63) is 11.6 Å². The van der Waals surface area contributed by atoms with Crippen LogP contribution in [0.4, 0.5) is 0 Å². The molecule has 0 aromatic carbocycles. The highest BCUT2D eigenvalue weighted by atomic mass is 16.8. The van der Waals surface area contributed by atoms with Crippen LogP contribution in [-0.2, 0) is 38.0 Å². The van der Waals surface area contributed by atoms with Gasteiger partial charge in [0, 0.05) is 17.9 Å². The van der Waals surface area contributed by atoms with Crippen molar-refractivity contribution in [2.24, 2.45) is 56.2 Å². The smallest absolute Gasteiger partial charge is 0.315 e. The van der Waals surface area contributed by atoms with Gasteiger partial charge in [0.15, 0.2) is 18.7 Å². The van der Waals surface area contributed by atoms with E-state index >= 15 is 4.79 Å². The van der Waals surface area contributed by atoms with Crippen molar-refractivity contribution in [1.82, 2.24) is 0 Å². The second-order valence-corrected chi connectivity index (χ2v) is 26.8. The summed E-state index contributed by atoms with van der Waals surface area (Å²) in [6, 6.07) is 0. The van der Waals surface area contributed by atoms with Crippen LogP contribution in [0.25, 0.3) is 0 Å². The van der Waals surface area contributed by atoms with Crippen LogP contribution >= 0.6 is 0 Å². The Bertz CT molecular complexity index is 2150. The molecule has 3 aliphatic heterocycles. The Balaban J connectivity index is 1.00. The predicted octanol–water partition coefficient (Wildman–Crippen LogP) is -2.40. The number of ether oxygens (including phenoxy) is 7. The molecule has 0 aromatic rings. The van der Waals surface area contributed by atoms with E-state index in [1.165, 1.54) is 6.92 Å². The maximum absolute atomic E-state index is 15.6. The Morgan fingerprint density at radius 3 is 1.90 bits per heavy atom. The molecule has 30 atom stereocenters. The van der Waals surface area contributed by atoms with Gasteiger partial charge in [0.2, 0.25) is 6.29 Å². The van der Waals surface area contributed by atoms with Crippen molar-refractivity contribution in [1.29, 1.82) is 0 Å². The molecule has 0 spiro atoms. The van der Waals surface area contributed by atoms with E-state index in [9.17, 15) is 76.6 Å². The van der Waals surface area contributed by atoms with Gasteiger partial charge in [-0.3, -0.25) is 4.79 Å². The summed E-state index contributed by atoms with van der Waals surface area (Å²) < 4.78 is 42.6. The van der Waals surface area contributed by atoms with E-state index in [1.807, 2.05) is 6.92 Å². The molecule has 8 fully saturated rings. The van der Waals surface area contributed by atoms with Gasteiger partial charge < -0.3 is 110 Å². The van der Waals surface area contributed by atoms with Crippen LogP contribution in [-0.4, -0.2) is 238 Å². The molecule has 3 saturated heterocycles. The summed E-state index contributed by atoms with van der Waals surface area (Å²) in [5, 5.41) is 163. The van der Waals surface area contributed by atoms with Crippen LogP contribution in [0.5, 0.6) is 0 Å². The number of fused-ring (bicyclic) bond motifs is 7. The number of hydrogen-bond acceptors (Lipinski definition) is 23. The topological polar surface area (TPSA) is 385 Å². The zero-order valence-corrected chi connectivity index (χ0v) is 45.9. The minimum absolute atomic E-state index is 0.0415. The Morgan fingerprint density at radius 2 is 1.24 bits per heavy atom. The number of hydrogen-bond donors (Lipinski definition) is 15. The third-order valence-corrected chi connectivity index (χ3v) is 22.0. The van der Waals surface area contributed by atoms with Crippen LogP contribution in [0, 0.1) is 56.2 Å². The molecule has 0 bridgehead atoms. The SMILES string of the molecule is CC1OC(OC2C(OC(=O)C34CCC(C)(C)CC3C3=CCC5C6(C)CC(O)C(OC7OC(CO)C(O)C(O)C7O)C(C)(CO)C6CCC5(C)C3(C)CC4)OC(COC3CC(CO)C(O)C(O)C3O)C(O)C2O)C(O)C(O)C1O. The number of allylic oxidation sites excluding steroid dienone is 2.